The third kappa shape index (κ3) is 4.00. The average Bonchev–Trinajstić information content (AvgIpc) is 2.85. The molecule has 1 aromatic heterocycles. The molecule has 102 valence electrons. The summed E-state index contributed by atoms with van der Waals surface area (Å²) in [6, 6.07) is 7.38. The summed E-state index contributed by atoms with van der Waals surface area (Å²) in [7, 11) is 0. The quantitative estimate of drug-likeness (QED) is 0.906. The number of aliphatic hydroxyl groups is 1. The fourth-order valence-electron chi connectivity index (χ4n) is 1.45. The number of thioether (sulfide) groups is 1. The van der Waals surface area contributed by atoms with E-state index in [0.717, 1.165) is 17.0 Å². The normalized spacial score (nSPS) is 14.3. The summed E-state index contributed by atoms with van der Waals surface area (Å²) in [5, 5.41) is 10.3. The Hall–Kier alpha value is -0.970. The summed E-state index contributed by atoms with van der Waals surface area (Å²) in [5.41, 5.74) is 1.78. The summed E-state index contributed by atoms with van der Waals surface area (Å²) < 4.78 is 5.45. The Morgan fingerprint density at radius 1 is 1.32 bits per heavy atom. The molecule has 1 N–H and O–H groups in total. The van der Waals surface area contributed by atoms with Gasteiger partial charge in [0.25, 0.3) is 0 Å². The molecule has 2 rings (SSSR count). The first-order valence-corrected chi connectivity index (χ1v) is 7.49. The smallest absolute Gasteiger partial charge is 0.226 e. The van der Waals surface area contributed by atoms with Crippen molar-refractivity contribution in [2.24, 2.45) is 0 Å². The topological polar surface area (TPSA) is 46.3 Å². The van der Waals surface area contributed by atoms with Gasteiger partial charge >= 0.3 is 0 Å². The number of benzene rings is 1. The van der Waals surface area contributed by atoms with Crippen molar-refractivity contribution < 1.29 is 9.52 Å². The summed E-state index contributed by atoms with van der Waals surface area (Å²) in [5.74, 6) is 1.32. The molecule has 0 aliphatic rings. The van der Waals surface area contributed by atoms with Gasteiger partial charge in [0.15, 0.2) is 0 Å². The molecule has 0 saturated carbocycles. The number of aromatic nitrogens is 1. The number of hydrogen-bond acceptors (Lipinski definition) is 4. The Morgan fingerprint density at radius 3 is 2.63 bits per heavy atom. The third-order valence-corrected chi connectivity index (χ3v) is 4.45. The van der Waals surface area contributed by atoms with Crippen molar-refractivity contribution in [2.45, 2.75) is 31.0 Å². The lowest BCUT2D eigenvalue weighted by Crippen LogP contribution is -2.15. The minimum absolute atomic E-state index is 0.177. The fraction of sp³-hybridized carbons (Fsp3) is 0.357. The highest BCUT2D eigenvalue weighted by molar-refractivity contribution is 7.99. The first-order valence-electron chi connectivity index (χ1n) is 6.06. The van der Waals surface area contributed by atoms with Crippen molar-refractivity contribution in [3.05, 3.63) is 41.2 Å². The summed E-state index contributed by atoms with van der Waals surface area (Å²) >= 11 is 7.50. The average molecular weight is 298 g/mol. The molecule has 0 bridgehead atoms. The number of oxazole rings is 1. The van der Waals surface area contributed by atoms with Crippen LogP contribution in [0.1, 0.15) is 19.5 Å². The molecule has 2 aromatic rings. The van der Waals surface area contributed by atoms with Crippen LogP contribution < -0.4 is 0 Å². The lowest BCUT2D eigenvalue weighted by molar-refractivity contribution is 0.196. The summed E-state index contributed by atoms with van der Waals surface area (Å²) in [6.07, 6.45) is 1.33. The Kier molecular flexibility index (Phi) is 4.91. The van der Waals surface area contributed by atoms with E-state index >= 15 is 0 Å². The number of halogens is 1. The minimum Gasteiger partial charge on any atom is -0.444 e. The highest BCUT2D eigenvalue weighted by Crippen LogP contribution is 2.24. The Labute approximate surface area is 122 Å². The van der Waals surface area contributed by atoms with Gasteiger partial charge in [-0.05, 0) is 31.2 Å². The van der Waals surface area contributed by atoms with Crippen LogP contribution in [0.15, 0.2) is 34.9 Å². The lowest BCUT2D eigenvalue weighted by atomic mass is 10.2. The van der Waals surface area contributed by atoms with E-state index in [1.165, 1.54) is 0 Å². The van der Waals surface area contributed by atoms with Gasteiger partial charge in [-0.3, -0.25) is 0 Å². The predicted octanol–water partition coefficient (Wildman–Crippen LogP) is 4.00. The standard InChI is InChI=1S/C14H16ClNO2S/c1-9(17)10(2)19-8-13-7-18-14(16-13)11-3-5-12(15)6-4-11/h3-7,9-10,17H,8H2,1-2H3. The Bertz CT molecular complexity index is 524. The van der Waals surface area contributed by atoms with Gasteiger partial charge in [0.1, 0.15) is 6.26 Å². The summed E-state index contributed by atoms with van der Waals surface area (Å²) in [6.45, 7) is 3.79. The molecule has 0 aliphatic carbocycles. The van der Waals surface area contributed by atoms with E-state index in [4.69, 9.17) is 16.0 Å². The molecule has 1 heterocycles. The Balaban J connectivity index is 2.01. The zero-order valence-corrected chi connectivity index (χ0v) is 12.4. The van der Waals surface area contributed by atoms with Crippen molar-refractivity contribution in [2.75, 3.05) is 0 Å². The SMILES string of the molecule is CC(O)C(C)SCc1coc(-c2ccc(Cl)cc2)n1. The van der Waals surface area contributed by atoms with E-state index in [-0.39, 0.29) is 11.4 Å². The van der Waals surface area contributed by atoms with Gasteiger partial charge in [-0.15, -0.1) is 11.8 Å². The first kappa shape index (κ1) is 14.4. The number of rotatable bonds is 5. The second kappa shape index (κ2) is 6.46. The fourth-order valence-corrected chi connectivity index (χ4v) is 2.43. The predicted molar refractivity (Wildman–Crippen MR) is 79.4 cm³/mol. The van der Waals surface area contributed by atoms with Gasteiger partial charge in [-0.1, -0.05) is 18.5 Å². The molecule has 2 unspecified atom stereocenters. The van der Waals surface area contributed by atoms with Crippen molar-refractivity contribution in [1.29, 1.82) is 0 Å². The van der Waals surface area contributed by atoms with Crippen molar-refractivity contribution in [3.8, 4) is 11.5 Å². The van der Waals surface area contributed by atoms with E-state index in [9.17, 15) is 5.11 Å². The van der Waals surface area contributed by atoms with Crippen molar-refractivity contribution in [1.82, 2.24) is 4.98 Å². The maximum absolute atomic E-state index is 9.43. The molecule has 0 amide bonds. The number of aliphatic hydroxyl groups excluding tert-OH is 1. The van der Waals surface area contributed by atoms with Crippen LogP contribution in [-0.4, -0.2) is 21.4 Å². The van der Waals surface area contributed by atoms with Gasteiger partial charge in [0, 0.05) is 21.6 Å². The number of nitrogens with zero attached hydrogens (tertiary/aromatic N) is 1. The molecule has 0 fully saturated rings. The van der Waals surface area contributed by atoms with Crippen LogP contribution in [0, 0.1) is 0 Å². The van der Waals surface area contributed by atoms with Crippen molar-refractivity contribution in [3.63, 3.8) is 0 Å². The minimum atomic E-state index is -0.326. The van der Waals surface area contributed by atoms with Crippen LogP contribution >= 0.6 is 23.4 Å². The van der Waals surface area contributed by atoms with Crippen LogP contribution in [0.4, 0.5) is 0 Å². The molecule has 5 heteroatoms. The van der Waals surface area contributed by atoms with Crippen LogP contribution in [-0.2, 0) is 5.75 Å². The molecule has 2 atom stereocenters. The second-order valence-corrected chi connectivity index (χ2v) is 6.21. The molecule has 0 spiro atoms. The van der Waals surface area contributed by atoms with Crippen LogP contribution in [0.25, 0.3) is 11.5 Å². The third-order valence-electron chi connectivity index (χ3n) is 2.82. The number of hydrogen-bond donors (Lipinski definition) is 1. The van der Waals surface area contributed by atoms with Gasteiger partial charge in [0.05, 0.1) is 11.8 Å². The van der Waals surface area contributed by atoms with Gasteiger partial charge < -0.3 is 9.52 Å². The maximum Gasteiger partial charge on any atom is 0.226 e. The molecular formula is C14H16ClNO2S. The highest BCUT2D eigenvalue weighted by atomic mass is 35.5. The van der Waals surface area contributed by atoms with Crippen LogP contribution in [0.3, 0.4) is 0 Å². The molecule has 0 radical (unpaired) electrons. The maximum atomic E-state index is 9.43. The highest BCUT2D eigenvalue weighted by Gasteiger charge is 2.12. The van der Waals surface area contributed by atoms with E-state index < -0.39 is 0 Å². The van der Waals surface area contributed by atoms with Gasteiger partial charge in [0.2, 0.25) is 5.89 Å². The molecule has 19 heavy (non-hydrogen) atoms. The zero-order valence-electron chi connectivity index (χ0n) is 10.8. The van der Waals surface area contributed by atoms with E-state index in [1.807, 2.05) is 31.2 Å². The molecule has 1 aromatic carbocycles. The zero-order chi connectivity index (χ0) is 13.8. The van der Waals surface area contributed by atoms with Gasteiger partial charge in [-0.2, -0.15) is 0 Å². The van der Waals surface area contributed by atoms with E-state index in [2.05, 4.69) is 4.98 Å². The molecular weight excluding hydrogens is 282 g/mol. The van der Waals surface area contributed by atoms with Gasteiger partial charge in [-0.25, -0.2) is 4.98 Å². The van der Waals surface area contributed by atoms with Crippen LogP contribution in [0.5, 0.6) is 0 Å². The molecule has 0 aliphatic heterocycles. The molecule has 0 saturated heterocycles. The summed E-state index contributed by atoms with van der Waals surface area (Å²) in [4.78, 5) is 4.43. The van der Waals surface area contributed by atoms with E-state index in [0.29, 0.717) is 10.9 Å². The van der Waals surface area contributed by atoms with Crippen LogP contribution in [0.2, 0.25) is 5.02 Å². The second-order valence-electron chi connectivity index (χ2n) is 4.41. The largest absolute Gasteiger partial charge is 0.444 e. The van der Waals surface area contributed by atoms with E-state index in [1.54, 1.807) is 24.9 Å². The van der Waals surface area contributed by atoms with Crippen molar-refractivity contribution >= 4 is 23.4 Å². The lowest BCUT2D eigenvalue weighted by Gasteiger charge is -2.12. The molecule has 3 nitrogen and oxygen atoms in total. The Morgan fingerprint density at radius 2 is 2.00 bits per heavy atom. The first-order chi connectivity index (χ1) is 9.06. The monoisotopic (exact) mass is 297 g/mol.